The molecule has 2 aromatic carbocycles. The normalized spacial score (nSPS) is 10.4. The molecule has 0 aromatic heterocycles. The third-order valence-electron chi connectivity index (χ3n) is 3.29. The van der Waals surface area contributed by atoms with E-state index in [0.29, 0.717) is 0 Å². The predicted molar refractivity (Wildman–Crippen MR) is 81.5 cm³/mol. The molecule has 0 fully saturated rings. The average Bonchev–Trinajstić information content (AvgIpc) is 2.41. The summed E-state index contributed by atoms with van der Waals surface area (Å²) in [5.41, 5.74) is 5.32. The minimum Gasteiger partial charge on any atom is -0.380 e. The zero-order valence-electron chi connectivity index (χ0n) is 11.2. The molecule has 0 saturated carbocycles. The van der Waals surface area contributed by atoms with Gasteiger partial charge < -0.3 is 5.32 Å². The van der Waals surface area contributed by atoms with Crippen LogP contribution in [-0.2, 0) is 6.54 Å². The number of para-hydroxylation sites is 1. The van der Waals surface area contributed by atoms with E-state index < -0.39 is 0 Å². The lowest BCUT2D eigenvalue weighted by molar-refractivity contribution is 1.09. The van der Waals surface area contributed by atoms with Gasteiger partial charge in [-0.25, -0.2) is 0 Å². The van der Waals surface area contributed by atoms with E-state index in [1.165, 1.54) is 27.3 Å². The van der Waals surface area contributed by atoms with Crippen molar-refractivity contribution in [3.05, 3.63) is 59.2 Å². The maximum atomic E-state index is 3.53. The van der Waals surface area contributed by atoms with Gasteiger partial charge in [0.25, 0.3) is 0 Å². The molecule has 0 spiro atoms. The average molecular weight is 257 g/mol. The van der Waals surface area contributed by atoms with Gasteiger partial charge in [0.2, 0.25) is 0 Å². The molecule has 0 aliphatic carbocycles. The van der Waals surface area contributed by atoms with Gasteiger partial charge in [-0.2, -0.15) is 0 Å². The van der Waals surface area contributed by atoms with E-state index in [2.05, 4.69) is 67.9 Å². The van der Waals surface area contributed by atoms with Crippen molar-refractivity contribution in [1.82, 2.24) is 0 Å². The molecule has 0 radical (unpaired) electrons. The number of nitrogens with one attached hydrogen (secondary N) is 1. The van der Waals surface area contributed by atoms with E-state index in [1.807, 2.05) is 0 Å². The molecular weight excluding hydrogens is 238 g/mol. The highest BCUT2D eigenvalue weighted by Crippen LogP contribution is 2.25. The van der Waals surface area contributed by atoms with E-state index in [-0.39, 0.29) is 0 Å². The number of thioether (sulfide) groups is 1. The second-order valence-electron chi connectivity index (χ2n) is 4.41. The smallest absolute Gasteiger partial charge is 0.0480 e. The molecule has 0 bridgehead atoms. The number of rotatable bonds is 4. The lowest BCUT2D eigenvalue weighted by Gasteiger charge is -2.13. The van der Waals surface area contributed by atoms with Crippen molar-refractivity contribution in [3.63, 3.8) is 0 Å². The van der Waals surface area contributed by atoms with E-state index in [4.69, 9.17) is 0 Å². The summed E-state index contributed by atoms with van der Waals surface area (Å²) in [5, 5.41) is 3.53. The zero-order valence-corrected chi connectivity index (χ0v) is 12.0. The molecular formula is C16H19NS. The van der Waals surface area contributed by atoms with Gasteiger partial charge in [-0.15, -0.1) is 11.8 Å². The number of hydrogen-bond donors (Lipinski definition) is 1. The summed E-state index contributed by atoms with van der Waals surface area (Å²) in [6, 6.07) is 14.9. The Hall–Kier alpha value is -1.41. The van der Waals surface area contributed by atoms with Crippen LogP contribution in [0.3, 0.4) is 0 Å². The van der Waals surface area contributed by atoms with E-state index in [9.17, 15) is 0 Å². The first-order valence-corrected chi connectivity index (χ1v) is 7.37. The molecule has 0 amide bonds. The fourth-order valence-electron chi connectivity index (χ4n) is 1.98. The molecule has 0 atom stereocenters. The molecule has 2 heteroatoms. The maximum Gasteiger partial charge on any atom is 0.0480 e. The maximum absolute atomic E-state index is 3.53. The molecule has 1 N–H and O–H groups in total. The molecule has 94 valence electrons. The van der Waals surface area contributed by atoms with E-state index in [1.54, 1.807) is 11.8 Å². The van der Waals surface area contributed by atoms with Crippen LogP contribution < -0.4 is 5.32 Å². The van der Waals surface area contributed by atoms with E-state index >= 15 is 0 Å². The first-order chi connectivity index (χ1) is 8.72. The molecule has 1 nitrogen and oxygen atoms in total. The standard InChI is InChI=1S/C16H19NS/c1-12-7-6-8-14(13(12)2)11-17-15-9-4-5-10-16(15)18-3/h4-10,17H,11H2,1-3H3. The summed E-state index contributed by atoms with van der Waals surface area (Å²) in [4.78, 5) is 1.29. The monoisotopic (exact) mass is 257 g/mol. The summed E-state index contributed by atoms with van der Waals surface area (Å²) in [6.45, 7) is 5.23. The highest BCUT2D eigenvalue weighted by molar-refractivity contribution is 7.98. The van der Waals surface area contributed by atoms with Crippen molar-refractivity contribution in [1.29, 1.82) is 0 Å². The fourth-order valence-corrected chi connectivity index (χ4v) is 2.56. The summed E-state index contributed by atoms with van der Waals surface area (Å²) >= 11 is 1.78. The van der Waals surface area contributed by atoms with Gasteiger partial charge in [0.1, 0.15) is 0 Å². The van der Waals surface area contributed by atoms with Gasteiger partial charge in [0.05, 0.1) is 0 Å². The molecule has 0 saturated heterocycles. The third-order valence-corrected chi connectivity index (χ3v) is 4.09. The Bertz CT molecular complexity index is 534. The van der Waals surface area contributed by atoms with E-state index in [0.717, 1.165) is 6.54 Å². The number of anilines is 1. The van der Waals surface area contributed by atoms with Crippen LogP contribution in [0.1, 0.15) is 16.7 Å². The van der Waals surface area contributed by atoms with Gasteiger partial charge in [0, 0.05) is 17.1 Å². The number of hydrogen-bond acceptors (Lipinski definition) is 2. The Kier molecular flexibility index (Phi) is 4.32. The van der Waals surface area contributed by atoms with Crippen molar-refractivity contribution in [2.24, 2.45) is 0 Å². The molecule has 2 aromatic rings. The lowest BCUT2D eigenvalue weighted by atomic mass is 10.0. The number of benzene rings is 2. The van der Waals surface area contributed by atoms with Crippen LogP contribution in [0.15, 0.2) is 47.4 Å². The highest BCUT2D eigenvalue weighted by Gasteiger charge is 2.03. The SMILES string of the molecule is CSc1ccccc1NCc1cccc(C)c1C. The molecule has 18 heavy (non-hydrogen) atoms. The van der Waals surface area contributed by atoms with Crippen molar-refractivity contribution in [3.8, 4) is 0 Å². The lowest BCUT2D eigenvalue weighted by Crippen LogP contribution is -2.03. The van der Waals surface area contributed by atoms with Gasteiger partial charge in [-0.3, -0.25) is 0 Å². The first kappa shape index (κ1) is 13.0. The Balaban J connectivity index is 2.14. The quantitative estimate of drug-likeness (QED) is 0.801. The van der Waals surface area contributed by atoms with Crippen molar-refractivity contribution in [2.45, 2.75) is 25.3 Å². The third kappa shape index (κ3) is 2.88. The Morgan fingerprint density at radius 2 is 1.78 bits per heavy atom. The van der Waals surface area contributed by atoms with Crippen LogP contribution in [0, 0.1) is 13.8 Å². The van der Waals surface area contributed by atoms with Gasteiger partial charge in [0.15, 0.2) is 0 Å². The molecule has 0 aliphatic rings. The van der Waals surface area contributed by atoms with Crippen molar-refractivity contribution < 1.29 is 0 Å². The van der Waals surface area contributed by atoms with Crippen LogP contribution >= 0.6 is 11.8 Å². The van der Waals surface area contributed by atoms with Crippen molar-refractivity contribution >= 4 is 17.4 Å². The minimum atomic E-state index is 0.880. The van der Waals surface area contributed by atoms with Gasteiger partial charge in [-0.05, 0) is 48.9 Å². The molecule has 0 aliphatic heterocycles. The largest absolute Gasteiger partial charge is 0.380 e. The van der Waals surface area contributed by atoms with Gasteiger partial charge >= 0.3 is 0 Å². The van der Waals surface area contributed by atoms with Gasteiger partial charge in [-0.1, -0.05) is 30.3 Å². The Labute approximate surface area is 114 Å². The van der Waals surface area contributed by atoms with Crippen LogP contribution in [-0.4, -0.2) is 6.26 Å². The summed E-state index contributed by atoms with van der Waals surface area (Å²) < 4.78 is 0. The van der Waals surface area contributed by atoms with Crippen LogP contribution in [0.2, 0.25) is 0 Å². The van der Waals surface area contributed by atoms with Crippen LogP contribution in [0.4, 0.5) is 5.69 Å². The van der Waals surface area contributed by atoms with Crippen molar-refractivity contribution in [2.75, 3.05) is 11.6 Å². The fraction of sp³-hybridized carbons (Fsp3) is 0.250. The molecule has 0 heterocycles. The second kappa shape index (κ2) is 5.96. The number of aryl methyl sites for hydroxylation is 1. The summed E-state index contributed by atoms with van der Waals surface area (Å²) in [5.74, 6) is 0. The topological polar surface area (TPSA) is 12.0 Å². The van der Waals surface area contributed by atoms with Crippen LogP contribution in [0.25, 0.3) is 0 Å². The predicted octanol–water partition coefficient (Wildman–Crippen LogP) is 4.64. The van der Waals surface area contributed by atoms with Crippen LogP contribution in [0.5, 0.6) is 0 Å². The highest BCUT2D eigenvalue weighted by atomic mass is 32.2. The Morgan fingerprint density at radius 1 is 1.00 bits per heavy atom. The molecule has 2 rings (SSSR count). The Morgan fingerprint density at radius 3 is 2.56 bits per heavy atom. The summed E-state index contributed by atoms with van der Waals surface area (Å²) in [6.07, 6.45) is 2.11. The minimum absolute atomic E-state index is 0.880. The molecule has 0 unspecified atom stereocenters. The second-order valence-corrected chi connectivity index (χ2v) is 5.26. The summed E-state index contributed by atoms with van der Waals surface area (Å²) in [7, 11) is 0. The zero-order chi connectivity index (χ0) is 13.0. The first-order valence-electron chi connectivity index (χ1n) is 6.14.